The number of halogens is 1. The van der Waals surface area contributed by atoms with Crippen molar-refractivity contribution in [2.24, 2.45) is 0 Å². The van der Waals surface area contributed by atoms with Gasteiger partial charge in [-0.1, -0.05) is 25.4 Å². The highest BCUT2D eigenvalue weighted by Crippen LogP contribution is 2.30. The summed E-state index contributed by atoms with van der Waals surface area (Å²) in [7, 11) is 0. The van der Waals surface area contributed by atoms with Crippen LogP contribution in [0.25, 0.3) is 0 Å². The highest BCUT2D eigenvalue weighted by atomic mass is 35.5. The summed E-state index contributed by atoms with van der Waals surface area (Å²) in [5, 5.41) is 2.13. The van der Waals surface area contributed by atoms with E-state index in [0.29, 0.717) is 5.15 Å². The van der Waals surface area contributed by atoms with Crippen molar-refractivity contribution in [2.75, 3.05) is 0 Å². The van der Waals surface area contributed by atoms with Crippen LogP contribution in [-0.4, -0.2) is 19.9 Å². The van der Waals surface area contributed by atoms with Gasteiger partial charge in [-0.15, -0.1) is 0 Å². The van der Waals surface area contributed by atoms with E-state index in [0.717, 1.165) is 21.4 Å². The Bertz CT molecular complexity index is 545. The largest absolute Gasteiger partial charge is 0.260 e. The minimum absolute atomic E-state index is 0.240. The Hall–Kier alpha value is -1.20. The summed E-state index contributed by atoms with van der Waals surface area (Å²) in [5.74, 6) is 0.987. The van der Waals surface area contributed by atoms with Crippen molar-refractivity contribution in [1.29, 1.82) is 0 Å². The molecule has 0 N–H and O–H groups in total. The van der Waals surface area contributed by atoms with E-state index in [4.69, 9.17) is 11.6 Å². The minimum Gasteiger partial charge on any atom is -0.260 e. The van der Waals surface area contributed by atoms with Crippen molar-refractivity contribution in [3.63, 3.8) is 0 Å². The van der Waals surface area contributed by atoms with E-state index < -0.39 is 0 Å². The predicted octanol–water partition coefficient (Wildman–Crippen LogP) is 3.50. The van der Waals surface area contributed by atoms with Crippen LogP contribution in [0.4, 0.5) is 0 Å². The van der Waals surface area contributed by atoms with E-state index in [9.17, 15) is 0 Å². The zero-order valence-corrected chi connectivity index (χ0v) is 12.0. The van der Waals surface area contributed by atoms with E-state index in [-0.39, 0.29) is 5.92 Å². The second kappa shape index (κ2) is 5.63. The van der Waals surface area contributed by atoms with Gasteiger partial charge in [-0.2, -0.15) is 0 Å². The summed E-state index contributed by atoms with van der Waals surface area (Å²) in [6.45, 7) is 5.99. The quantitative estimate of drug-likeness (QED) is 0.806. The van der Waals surface area contributed by atoms with E-state index in [2.05, 4.69) is 19.9 Å². The molecule has 2 aromatic heterocycles. The molecule has 2 rings (SSSR count). The highest BCUT2D eigenvalue weighted by Gasteiger charge is 2.13. The third kappa shape index (κ3) is 2.97. The average molecular weight is 281 g/mol. The Balaban J connectivity index is 2.38. The van der Waals surface area contributed by atoms with Crippen LogP contribution in [0.3, 0.4) is 0 Å². The van der Waals surface area contributed by atoms with Crippen molar-refractivity contribution in [3.8, 4) is 0 Å². The van der Waals surface area contributed by atoms with Crippen LogP contribution >= 0.6 is 23.4 Å². The molecule has 0 amide bonds. The van der Waals surface area contributed by atoms with Crippen molar-refractivity contribution in [1.82, 2.24) is 19.9 Å². The second-order valence-corrected chi connectivity index (χ2v) is 5.47. The SMILES string of the molecule is Cc1c(Cl)nc(C(C)C)nc1Sc1cnccn1. The van der Waals surface area contributed by atoms with Gasteiger partial charge >= 0.3 is 0 Å². The molecule has 2 heterocycles. The van der Waals surface area contributed by atoms with Crippen LogP contribution in [0.15, 0.2) is 28.6 Å². The Kier molecular flexibility index (Phi) is 4.14. The number of nitrogens with zero attached hydrogens (tertiary/aromatic N) is 4. The first-order valence-corrected chi connectivity index (χ1v) is 6.75. The van der Waals surface area contributed by atoms with Crippen LogP contribution in [0.2, 0.25) is 5.15 Å². The molecular formula is C12H13ClN4S. The molecule has 0 bridgehead atoms. The second-order valence-electron chi connectivity index (χ2n) is 4.10. The Labute approximate surface area is 115 Å². The van der Waals surface area contributed by atoms with Crippen LogP contribution in [0.5, 0.6) is 0 Å². The van der Waals surface area contributed by atoms with Gasteiger partial charge in [-0.25, -0.2) is 15.0 Å². The molecule has 0 saturated carbocycles. The first-order valence-electron chi connectivity index (χ1n) is 5.56. The third-order valence-corrected chi connectivity index (χ3v) is 3.69. The fraction of sp³-hybridized carbons (Fsp3) is 0.333. The zero-order chi connectivity index (χ0) is 13.1. The van der Waals surface area contributed by atoms with Crippen LogP contribution < -0.4 is 0 Å². The van der Waals surface area contributed by atoms with Gasteiger partial charge in [0.1, 0.15) is 21.0 Å². The molecular weight excluding hydrogens is 268 g/mol. The average Bonchev–Trinajstić information content (AvgIpc) is 2.35. The first kappa shape index (κ1) is 13.2. The molecule has 0 atom stereocenters. The third-order valence-electron chi connectivity index (χ3n) is 2.32. The van der Waals surface area contributed by atoms with Gasteiger partial charge in [0.2, 0.25) is 0 Å². The molecule has 2 aromatic rings. The maximum atomic E-state index is 6.13. The normalized spacial score (nSPS) is 10.9. The first-order chi connectivity index (χ1) is 8.58. The molecule has 94 valence electrons. The number of hydrogen-bond acceptors (Lipinski definition) is 5. The summed E-state index contributed by atoms with van der Waals surface area (Å²) < 4.78 is 0. The van der Waals surface area contributed by atoms with Crippen molar-refractivity contribution in [3.05, 3.63) is 35.1 Å². The van der Waals surface area contributed by atoms with E-state index in [1.165, 1.54) is 11.8 Å². The van der Waals surface area contributed by atoms with Gasteiger partial charge in [0.15, 0.2) is 0 Å². The smallest absolute Gasteiger partial charge is 0.136 e. The van der Waals surface area contributed by atoms with Crippen molar-refractivity contribution >= 4 is 23.4 Å². The molecule has 0 unspecified atom stereocenters. The summed E-state index contributed by atoms with van der Waals surface area (Å²) in [5.41, 5.74) is 0.872. The summed E-state index contributed by atoms with van der Waals surface area (Å²) >= 11 is 7.58. The lowest BCUT2D eigenvalue weighted by Gasteiger charge is -2.10. The fourth-order valence-corrected chi connectivity index (χ4v) is 2.33. The van der Waals surface area contributed by atoms with Gasteiger partial charge in [0.05, 0.1) is 6.20 Å². The number of hydrogen-bond donors (Lipinski definition) is 0. The molecule has 0 aliphatic carbocycles. The molecule has 0 aromatic carbocycles. The Morgan fingerprint density at radius 3 is 2.61 bits per heavy atom. The summed E-state index contributed by atoms with van der Waals surface area (Å²) in [6, 6.07) is 0. The standard InChI is InChI=1S/C12H13ClN4S/c1-7(2)11-16-10(13)8(3)12(17-11)18-9-6-14-4-5-15-9/h4-7H,1-3H3. The Morgan fingerprint density at radius 1 is 1.22 bits per heavy atom. The van der Waals surface area contributed by atoms with E-state index >= 15 is 0 Å². The van der Waals surface area contributed by atoms with Crippen molar-refractivity contribution < 1.29 is 0 Å². The molecule has 0 fully saturated rings. The maximum Gasteiger partial charge on any atom is 0.136 e. The van der Waals surface area contributed by atoms with E-state index in [1.807, 2.05) is 20.8 Å². The van der Waals surface area contributed by atoms with Crippen LogP contribution in [0, 0.1) is 6.92 Å². The maximum absolute atomic E-state index is 6.13. The van der Waals surface area contributed by atoms with Crippen LogP contribution in [0.1, 0.15) is 31.2 Å². The van der Waals surface area contributed by atoms with Gasteiger partial charge in [-0.05, 0) is 18.7 Å². The number of aromatic nitrogens is 4. The van der Waals surface area contributed by atoms with Gasteiger partial charge in [0.25, 0.3) is 0 Å². The number of rotatable bonds is 3. The zero-order valence-electron chi connectivity index (χ0n) is 10.4. The van der Waals surface area contributed by atoms with E-state index in [1.54, 1.807) is 18.6 Å². The molecule has 6 heteroatoms. The molecule has 0 spiro atoms. The lowest BCUT2D eigenvalue weighted by atomic mass is 10.2. The molecule has 0 radical (unpaired) electrons. The summed E-state index contributed by atoms with van der Waals surface area (Å²) in [4.78, 5) is 17.1. The fourth-order valence-electron chi connectivity index (χ4n) is 1.28. The topological polar surface area (TPSA) is 51.6 Å². The lowest BCUT2D eigenvalue weighted by Crippen LogP contribution is -2.01. The van der Waals surface area contributed by atoms with Gasteiger partial charge in [-0.3, -0.25) is 4.98 Å². The lowest BCUT2D eigenvalue weighted by molar-refractivity contribution is 0.747. The van der Waals surface area contributed by atoms with Gasteiger partial charge < -0.3 is 0 Å². The molecule has 4 nitrogen and oxygen atoms in total. The molecule has 18 heavy (non-hydrogen) atoms. The van der Waals surface area contributed by atoms with Gasteiger partial charge in [0, 0.05) is 23.9 Å². The molecule has 0 aliphatic rings. The van der Waals surface area contributed by atoms with Crippen LogP contribution in [-0.2, 0) is 0 Å². The van der Waals surface area contributed by atoms with Crippen molar-refractivity contribution in [2.45, 2.75) is 36.7 Å². The Morgan fingerprint density at radius 2 is 2.00 bits per heavy atom. The monoisotopic (exact) mass is 280 g/mol. The highest BCUT2D eigenvalue weighted by molar-refractivity contribution is 7.99. The predicted molar refractivity (Wildman–Crippen MR) is 72.0 cm³/mol. The molecule has 0 saturated heterocycles. The molecule has 0 aliphatic heterocycles. The minimum atomic E-state index is 0.240. The summed E-state index contributed by atoms with van der Waals surface area (Å²) in [6.07, 6.45) is 5.00.